The Hall–Kier alpha value is -2.24. The molecular formula is C16H19FN4O. The summed E-state index contributed by atoms with van der Waals surface area (Å²) in [5, 5.41) is 10.2. The number of benzene rings is 1. The number of rotatable bonds is 5. The minimum Gasteiger partial charge on any atom is -0.342 e. The quantitative estimate of drug-likeness (QED) is 0.918. The van der Waals surface area contributed by atoms with E-state index in [1.807, 2.05) is 17.0 Å². The van der Waals surface area contributed by atoms with Crippen molar-refractivity contribution in [2.45, 2.75) is 25.7 Å². The number of aromatic nitrogens is 3. The molecule has 1 fully saturated rings. The Bertz CT molecular complexity index is 612. The minimum atomic E-state index is -0.208. The molecule has 1 aliphatic rings. The lowest BCUT2D eigenvalue weighted by Crippen LogP contribution is -2.29. The number of H-pyrrole nitrogens is 1. The fourth-order valence-corrected chi connectivity index (χ4v) is 2.92. The second-order valence-electron chi connectivity index (χ2n) is 5.79. The summed E-state index contributed by atoms with van der Waals surface area (Å²) in [6.07, 6.45) is 4.64. The summed E-state index contributed by atoms with van der Waals surface area (Å²) in [6, 6.07) is 6.63. The van der Waals surface area contributed by atoms with Crippen molar-refractivity contribution < 1.29 is 9.18 Å². The van der Waals surface area contributed by atoms with Crippen LogP contribution in [0.25, 0.3) is 0 Å². The largest absolute Gasteiger partial charge is 0.342 e. The topological polar surface area (TPSA) is 61.9 Å². The van der Waals surface area contributed by atoms with Gasteiger partial charge in [-0.3, -0.25) is 4.79 Å². The van der Waals surface area contributed by atoms with Crippen LogP contribution in [-0.2, 0) is 17.6 Å². The van der Waals surface area contributed by atoms with Crippen LogP contribution in [0.3, 0.4) is 0 Å². The highest BCUT2D eigenvalue weighted by molar-refractivity contribution is 5.76. The third-order valence-corrected chi connectivity index (χ3v) is 4.14. The molecule has 1 N–H and O–H groups in total. The average Bonchev–Trinajstić information content (AvgIpc) is 3.19. The highest BCUT2D eigenvalue weighted by atomic mass is 19.1. The van der Waals surface area contributed by atoms with Crippen LogP contribution in [0, 0.1) is 11.7 Å². The molecule has 0 spiro atoms. The Morgan fingerprint density at radius 1 is 1.36 bits per heavy atom. The zero-order valence-electron chi connectivity index (χ0n) is 12.3. The molecule has 0 saturated carbocycles. The van der Waals surface area contributed by atoms with Crippen molar-refractivity contribution >= 4 is 5.91 Å². The normalized spacial score (nSPS) is 17.9. The van der Waals surface area contributed by atoms with E-state index in [2.05, 4.69) is 15.4 Å². The number of likely N-dealkylation sites (tertiary alicyclic amines) is 1. The molecule has 3 rings (SSSR count). The first-order chi connectivity index (χ1) is 10.7. The SMILES string of the molecule is O=C(CCc1cn[nH]n1)N1CCC(Cc2ccc(F)cc2)C1. The number of aromatic amines is 1. The highest BCUT2D eigenvalue weighted by Gasteiger charge is 2.26. The molecule has 1 aliphatic heterocycles. The molecule has 0 aliphatic carbocycles. The molecule has 1 aromatic carbocycles. The molecular weight excluding hydrogens is 283 g/mol. The van der Waals surface area contributed by atoms with Crippen LogP contribution in [0.15, 0.2) is 30.5 Å². The number of halogens is 1. The monoisotopic (exact) mass is 302 g/mol. The molecule has 1 atom stereocenters. The van der Waals surface area contributed by atoms with E-state index in [9.17, 15) is 9.18 Å². The van der Waals surface area contributed by atoms with Crippen LogP contribution < -0.4 is 0 Å². The van der Waals surface area contributed by atoms with Crippen LogP contribution in [0.2, 0.25) is 0 Å². The maximum absolute atomic E-state index is 12.9. The van der Waals surface area contributed by atoms with E-state index in [1.54, 1.807) is 6.20 Å². The maximum atomic E-state index is 12.9. The van der Waals surface area contributed by atoms with Gasteiger partial charge in [-0.1, -0.05) is 12.1 Å². The third kappa shape index (κ3) is 3.69. The molecule has 0 bridgehead atoms. The van der Waals surface area contributed by atoms with Crippen molar-refractivity contribution in [1.29, 1.82) is 0 Å². The van der Waals surface area contributed by atoms with E-state index in [0.29, 0.717) is 18.8 Å². The molecule has 5 nitrogen and oxygen atoms in total. The third-order valence-electron chi connectivity index (χ3n) is 4.14. The van der Waals surface area contributed by atoms with Gasteiger partial charge in [-0.15, -0.1) is 0 Å². The average molecular weight is 302 g/mol. The summed E-state index contributed by atoms with van der Waals surface area (Å²) in [5.41, 5.74) is 1.94. The summed E-state index contributed by atoms with van der Waals surface area (Å²) in [4.78, 5) is 14.1. The van der Waals surface area contributed by atoms with Crippen LogP contribution in [0.4, 0.5) is 4.39 Å². The first kappa shape index (κ1) is 14.7. The van der Waals surface area contributed by atoms with Gasteiger partial charge in [-0.25, -0.2) is 4.39 Å². The van der Waals surface area contributed by atoms with E-state index >= 15 is 0 Å². The Kier molecular flexibility index (Phi) is 4.46. The molecule has 1 saturated heterocycles. The van der Waals surface area contributed by atoms with E-state index in [4.69, 9.17) is 0 Å². The zero-order valence-corrected chi connectivity index (χ0v) is 12.3. The number of aryl methyl sites for hydroxylation is 1. The lowest BCUT2D eigenvalue weighted by Gasteiger charge is -2.16. The van der Waals surface area contributed by atoms with Crippen molar-refractivity contribution in [3.63, 3.8) is 0 Å². The Labute approximate surface area is 128 Å². The van der Waals surface area contributed by atoms with Gasteiger partial charge in [0, 0.05) is 25.9 Å². The summed E-state index contributed by atoms with van der Waals surface area (Å²) in [5.74, 6) is 0.422. The number of hydrogen-bond donors (Lipinski definition) is 1. The Morgan fingerprint density at radius 3 is 2.91 bits per heavy atom. The van der Waals surface area contributed by atoms with Gasteiger partial charge in [-0.05, 0) is 36.5 Å². The molecule has 1 amide bonds. The van der Waals surface area contributed by atoms with Gasteiger partial charge >= 0.3 is 0 Å². The summed E-state index contributed by atoms with van der Waals surface area (Å²) in [7, 11) is 0. The second kappa shape index (κ2) is 6.68. The fraction of sp³-hybridized carbons (Fsp3) is 0.438. The van der Waals surface area contributed by atoms with Crippen LogP contribution in [0.1, 0.15) is 24.1 Å². The van der Waals surface area contributed by atoms with E-state index in [1.165, 1.54) is 12.1 Å². The molecule has 1 unspecified atom stereocenters. The molecule has 1 aromatic heterocycles. The van der Waals surface area contributed by atoms with E-state index in [-0.39, 0.29) is 11.7 Å². The predicted molar refractivity (Wildman–Crippen MR) is 79.5 cm³/mol. The number of nitrogens with one attached hydrogen (secondary N) is 1. The standard InChI is InChI=1S/C16H19FN4O/c17-14-3-1-12(2-4-14)9-13-7-8-21(11-13)16(22)6-5-15-10-18-20-19-15/h1-4,10,13H,5-9,11H2,(H,18,19,20). The number of carbonyl (C=O) groups excluding carboxylic acids is 1. The summed E-state index contributed by atoms with van der Waals surface area (Å²) < 4.78 is 12.9. The molecule has 2 aromatic rings. The molecule has 22 heavy (non-hydrogen) atoms. The maximum Gasteiger partial charge on any atom is 0.222 e. The Balaban J connectivity index is 1.47. The van der Waals surface area contributed by atoms with Crippen LogP contribution in [-0.4, -0.2) is 39.3 Å². The number of nitrogens with zero attached hydrogens (tertiary/aromatic N) is 3. The van der Waals surface area contributed by atoms with Crippen molar-refractivity contribution in [2.75, 3.05) is 13.1 Å². The number of carbonyl (C=O) groups is 1. The van der Waals surface area contributed by atoms with Crippen molar-refractivity contribution in [1.82, 2.24) is 20.3 Å². The van der Waals surface area contributed by atoms with Gasteiger partial charge in [-0.2, -0.15) is 15.4 Å². The first-order valence-electron chi connectivity index (χ1n) is 7.57. The van der Waals surface area contributed by atoms with Gasteiger partial charge in [0.1, 0.15) is 5.82 Å². The number of hydrogen-bond acceptors (Lipinski definition) is 3. The van der Waals surface area contributed by atoms with Gasteiger partial charge in [0.15, 0.2) is 0 Å². The first-order valence-corrected chi connectivity index (χ1v) is 7.57. The van der Waals surface area contributed by atoms with E-state index in [0.717, 1.165) is 37.2 Å². The predicted octanol–water partition coefficient (Wildman–Crippen LogP) is 1.97. The van der Waals surface area contributed by atoms with Gasteiger partial charge in [0.2, 0.25) is 5.91 Å². The number of amides is 1. The fourth-order valence-electron chi connectivity index (χ4n) is 2.92. The van der Waals surface area contributed by atoms with Crippen LogP contribution in [0.5, 0.6) is 0 Å². The van der Waals surface area contributed by atoms with Crippen LogP contribution >= 0.6 is 0 Å². The van der Waals surface area contributed by atoms with Crippen molar-refractivity contribution in [2.24, 2.45) is 5.92 Å². The van der Waals surface area contributed by atoms with Crippen molar-refractivity contribution in [3.8, 4) is 0 Å². The minimum absolute atomic E-state index is 0.171. The molecule has 2 heterocycles. The zero-order chi connectivity index (χ0) is 15.4. The van der Waals surface area contributed by atoms with E-state index < -0.39 is 0 Å². The molecule has 116 valence electrons. The molecule has 0 radical (unpaired) electrons. The smallest absolute Gasteiger partial charge is 0.222 e. The van der Waals surface area contributed by atoms with Gasteiger partial charge in [0.25, 0.3) is 0 Å². The second-order valence-corrected chi connectivity index (χ2v) is 5.79. The highest BCUT2D eigenvalue weighted by Crippen LogP contribution is 2.22. The molecule has 6 heteroatoms. The van der Waals surface area contributed by atoms with Gasteiger partial charge < -0.3 is 4.90 Å². The lowest BCUT2D eigenvalue weighted by atomic mass is 9.99. The Morgan fingerprint density at radius 2 is 2.18 bits per heavy atom. The summed E-state index contributed by atoms with van der Waals surface area (Å²) in [6.45, 7) is 1.60. The summed E-state index contributed by atoms with van der Waals surface area (Å²) >= 11 is 0. The lowest BCUT2D eigenvalue weighted by molar-refractivity contribution is -0.130. The van der Waals surface area contributed by atoms with Crippen molar-refractivity contribution in [3.05, 3.63) is 47.5 Å². The van der Waals surface area contributed by atoms with Gasteiger partial charge in [0.05, 0.1) is 11.9 Å².